The summed E-state index contributed by atoms with van der Waals surface area (Å²) < 4.78 is 23.0. The van der Waals surface area contributed by atoms with Gasteiger partial charge in [-0.15, -0.1) is 0 Å². The van der Waals surface area contributed by atoms with Crippen molar-refractivity contribution in [2.45, 2.75) is 20.0 Å². The van der Waals surface area contributed by atoms with Crippen molar-refractivity contribution < 1.29 is 18.7 Å². The first kappa shape index (κ1) is 11.5. The molecule has 0 aromatic heterocycles. The van der Waals surface area contributed by atoms with Crippen molar-refractivity contribution in [2.24, 2.45) is 0 Å². The number of carbonyl (C=O) groups excluding carboxylic acids is 1. The third-order valence-corrected chi connectivity index (χ3v) is 1.76. The molecule has 0 aliphatic rings. The molecule has 0 saturated heterocycles. The van der Waals surface area contributed by atoms with Gasteiger partial charge in [0.25, 0.3) is 0 Å². The smallest absolute Gasteiger partial charge is 0.347 e. The Hall–Kier alpha value is -1.58. The van der Waals surface area contributed by atoms with E-state index in [0.717, 1.165) is 0 Å². The molecule has 0 heterocycles. The lowest BCUT2D eigenvalue weighted by molar-refractivity contribution is -0.150. The Morgan fingerprint density at radius 1 is 1.47 bits per heavy atom. The molecule has 0 aliphatic heterocycles. The van der Waals surface area contributed by atoms with Crippen molar-refractivity contribution in [3.8, 4) is 5.75 Å². The summed E-state index contributed by atoms with van der Waals surface area (Å²) in [6.07, 6.45) is -0.804. The summed E-state index contributed by atoms with van der Waals surface area (Å²) in [4.78, 5) is 11.2. The van der Waals surface area contributed by atoms with Crippen molar-refractivity contribution in [3.05, 3.63) is 30.1 Å². The van der Waals surface area contributed by atoms with Crippen LogP contribution in [0.4, 0.5) is 4.39 Å². The minimum atomic E-state index is -0.804. The Labute approximate surface area is 87.8 Å². The van der Waals surface area contributed by atoms with Crippen LogP contribution in [0, 0.1) is 5.82 Å². The standard InChI is InChI=1S/C11H13FO3/c1-3-14-11(13)8(2)15-10-7-5-4-6-9(10)12/h4-8H,3H2,1-2H3/t8-/m0/s1. The zero-order valence-electron chi connectivity index (χ0n) is 8.70. The van der Waals surface area contributed by atoms with E-state index < -0.39 is 17.9 Å². The molecular weight excluding hydrogens is 199 g/mol. The van der Waals surface area contributed by atoms with E-state index in [2.05, 4.69) is 0 Å². The maximum atomic E-state index is 13.1. The van der Waals surface area contributed by atoms with E-state index in [1.54, 1.807) is 19.1 Å². The predicted octanol–water partition coefficient (Wildman–Crippen LogP) is 2.16. The summed E-state index contributed by atoms with van der Waals surface area (Å²) >= 11 is 0. The van der Waals surface area contributed by atoms with Crippen LogP contribution in [0.1, 0.15) is 13.8 Å². The fraction of sp³-hybridized carbons (Fsp3) is 0.364. The van der Waals surface area contributed by atoms with Crippen LogP contribution in [0.2, 0.25) is 0 Å². The Morgan fingerprint density at radius 3 is 2.73 bits per heavy atom. The minimum Gasteiger partial charge on any atom is -0.476 e. The van der Waals surface area contributed by atoms with Gasteiger partial charge in [0.15, 0.2) is 17.7 Å². The summed E-state index contributed by atoms with van der Waals surface area (Å²) in [5, 5.41) is 0. The number of carbonyl (C=O) groups is 1. The summed E-state index contributed by atoms with van der Waals surface area (Å²) in [5.74, 6) is -0.938. The lowest BCUT2D eigenvalue weighted by atomic mass is 10.3. The Bertz CT molecular complexity index is 338. The van der Waals surface area contributed by atoms with Gasteiger partial charge in [-0.25, -0.2) is 9.18 Å². The molecule has 0 aliphatic carbocycles. The molecule has 1 aromatic carbocycles. The van der Waals surface area contributed by atoms with Gasteiger partial charge < -0.3 is 9.47 Å². The van der Waals surface area contributed by atoms with E-state index >= 15 is 0 Å². The number of hydrogen-bond acceptors (Lipinski definition) is 3. The minimum absolute atomic E-state index is 0.0538. The van der Waals surface area contributed by atoms with Gasteiger partial charge >= 0.3 is 5.97 Å². The highest BCUT2D eigenvalue weighted by atomic mass is 19.1. The zero-order chi connectivity index (χ0) is 11.3. The fourth-order valence-corrected chi connectivity index (χ4v) is 1.04. The van der Waals surface area contributed by atoms with Gasteiger partial charge in [-0.2, -0.15) is 0 Å². The van der Waals surface area contributed by atoms with Crippen molar-refractivity contribution in [3.63, 3.8) is 0 Å². The molecule has 0 spiro atoms. The van der Waals surface area contributed by atoms with Crippen molar-refractivity contribution >= 4 is 5.97 Å². The van der Waals surface area contributed by atoms with Crippen LogP contribution in [0.15, 0.2) is 24.3 Å². The number of benzene rings is 1. The maximum Gasteiger partial charge on any atom is 0.347 e. The van der Waals surface area contributed by atoms with Crippen molar-refractivity contribution in [1.29, 1.82) is 0 Å². The Balaban J connectivity index is 2.62. The molecule has 15 heavy (non-hydrogen) atoms. The lowest BCUT2D eigenvalue weighted by Crippen LogP contribution is -2.26. The molecular formula is C11H13FO3. The van der Waals surface area contributed by atoms with Gasteiger partial charge in [-0.1, -0.05) is 12.1 Å². The van der Waals surface area contributed by atoms with Gasteiger partial charge in [-0.05, 0) is 26.0 Å². The van der Waals surface area contributed by atoms with Crippen LogP contribution in [0.5, 0.6) is 5.75 Å². The summed E-state index contributed by atoms with van der Waals surface area (Å²) in [7, 11) is 0. The average Bonchev–Trinajstić information content (AvgIpc) is 2.21. The quantitative estimate of drug-likeness (QED) is 0.717. The predicted molar refractivity (Wildman–Crippen MR) is 53.1 cm³/mol. The molecule has 0 bridgehead atoms. The largest absolute Gasteiger partial charge is 0.476 e. The molecule has 0 N–H and O–H groups in total. The second-order valence-electron chi connectivity index (χ2n) is 2.94. The fourth-order valence-electron chi connectivity index (χ4n) is 1.04. The van der Waals surface area contributed by atoms with E-state index in [-0.39, 0.29) is 12.4 Å². The van der Waals surface area contributed by atoms with Crippen LogP contribution in [0.25, 0.3) is 0 Å². The number of esters is 1. The molecule has 0 unspecified atom stereocenters. The van der Waals surface area contributed by atoms with E-state index in [9.17, 15) is 9.18 Å². The topological polar surface area (TPSA) is 35.5 Å². The molecule has 0 fully saturated rings. The summed E-state index contributed by atoms with van der Waals surface area (Å²) in [6.45, 7) is 3.50. The van der Waals surface area contributed by atoms with E-state index in [1.807, 2.05) is 0 Å². The molecule has 1 atom stereocenters. The van der Waals surface area contributed by atoms with Crippen LogP contribution in [0.3, 0.4) is 0 Å². The van der Waals surface area contributed by atoms with Crippen LogP contribution in [-0.2, 0) is 9.53 Å². The molecule has 4 heteroatoms. The van der Waals surface area contributed by atoms with Crippen LogP contribution >= 0.6 is 0 Å². The van der Waals surface area contributed by atoms with Gasteiger partial charge in [0.1, 0.15) is 0 Å². The first-order valence-corrected chi connectivity index (χ1v) is 4.73. The SMILES string of the molecule is CCOC(=O)[C@H](C)Oc1ccccc1F. The van der Waals surface area contributed by atoms with Crippen LogP contribution < -0.4 is 4.74 Å². The number of rotatable bonds is 4. The lowest BCUT2D eigenvalue weighted by Gasteiger charge is -2.13. The van der Waals surface area contributed by atoms with Gasteiger partial charge in [0, 0.05) is 0 Å². The van der Waals surface area contributed by atoms with Crippen molar-refractivity contribution in [1.82, 2.24) is 0 Å². The first-order valence-electron chi connectivity index (χ1n) is 4.73. The molecule has 0 saturated carbocycles. The number of halogens is 1. The molecule has 0 radical (unpaired) electrons. The summed E-state index contributed by atoms with van der Waals surface area (Å²) in [5.41, 5.74) is 0. The Morgan fingerprint density at radius 2 is 2.13 bits per heavy atom. The second kappa shape index (κ2) is 5.34. The molecule has 1 rings (SSSR count). The van der Waals surface area contributed by atoms with Crippen LogP contribution in [-0.4, -0.2) is 18.7 Å². The second-order valence-corrected chi connectivity index (χ2v) is 2.94. The molecule has 82 valence electrons. The molecule has 0 amide bonds. The maximum absolute atomic E-state index is 13.1. The van der Waals surface area contributed by atoms with Crippen molar-refractivity contribution in [2.75, 3.05) is 6.61 Å². The third-order valence-electron chi connectivity index (χ3n) is 1.76. The van der Waals surface area contributed by atoms with E-state index in [1.165, 1.54) is 19.1 Å². The monoisotopic (exact) mass is 212 g/mol. The van der Waals surface area contributed by atoms with E-state index in [0.29, 0.717) is 0 Å². The molecule has 1 aromatic rings. The first-order chi connectivity index (χ1) is 7.15. The highest BCUT2D eigenvalue weighted by Gasteiger charge is 2.16. The number of para-hydroxylation sites is 1. The van der Waals surface area contributed by atoms with E-state index in [4.69, 9.17) is 9.47 Å². The highest BCUT2D eigenvalue weighted by Crippen LogP contribution is 2.17. The van der Waals surface area contributed by atoms with Gasteiger partial charge in [0.2, 0.25) is 0 Å². The number of ether oxygens (including phenoxy) is 2. The summed E-state index contributed by atoms with van der Waals surface area (Å²) in [6, 6.07) is 5.92. The zero-order valence-corrected chi connectivity index (χ0v) is 8.70. The molecule has 3 nitrogen and oxygen atoms in total. The normalized spacial score (nSPS) is 11.9. The number of hydrogen-bond donors (Lipinski definition) is 0. The van der Waals surface area contributed by atoms with Gasteiger partial charge in [-0.3, -0.25) is 0 Å². The van der Waals surface area contributed by atoms with Gasteiger partial charge in [0.05, 0.1) is 6.61 Å². The highest BCUT2D eigenvalue weighted by molar-refractivity contribution is 5.74. The third kappa shape index (κ3) is 3.23. The average molecular weight is 212 g/mol. The Kier molecular flexibility index (Phi) is 4.09.